The Balaban J connectivity index is 1.80. The monoisotopic (exact) mass is 205 g/mol. The Morgan fingerprint density at radius 2 is 2.27 bits per heavy atom. The van der Waals surface area contributed by atoms with Crippen molar-refractivity contribution >= 4 is 0 Å². The highest BCUT2D eigenvalue weighted by Crippen LogP contribution is 2.33. The Kier molecular flexibility index (Phi) is 3.39. The van der Waals surface area contributed by atoms with Gasteiger partial charge in [0.2, 0.25) is 0 Å². The van der Waals surface area contributed by atoms with Gasteiger partial charge >= 0.3 is 0 Å². The summed E-state index contributed by atoms with van der Waals surface area (Å²) < 4.78 is 5.09. The lowest BCUT2D eigenvalue weighted by Crippen LogP contribution is -2.36. The number of rotatable bonds is 5. The standard InChI is InChI=1S/C13H19NO/c1-10(9-15-2)14-8-12-7-11-5-3-4-6-13(11)12/h3-6,10,12,14H,7-9H2,1-2H3. The molecule has 0 spiro atoms. The molecule has 0 saturated carbocycles. The van der Waals surface area contributed by atoms with Crippen LogP contribution < -0.4 is 5.32 Å². The zero-order valence-electron chi connectivity index (χ0n) is 9.49. The van der Waals surface area contributed by atoms with Crippen LogP contribution in [0.25, 0.3) is 0 Å². The van der Waals surface area contributed by atoms with Gasteiger partial charge in [0, 0.05) is 25.6 Å². The predicted octanol–water partition coefficient (Wildman–Crippen LogP) is 1.95. The first-order valence-corrected chi connectivity index (χ1v) is 5.61. The van der Waals surface area contributed by atoms with Crippen LogP contribution in [0.4, 0.5) is 0 Å². The molecule has 2 rings (SSSR count). The summed E-state index contributed by atoms with van der Waals surface area (Å²) in [4.78, 5) is 0. The molecule has 0 radical (unpaired) electrons. The van der Waals surface area contributed by atoms with E-state index in [0.29, 0.717) is 12.0 Å². The van der Waals surface area contributed by atoms with E-state index in [9.17, 15) is 0 Å². The normalized spacial score (nSPS) is 20.5. The van der Waals surface area contributed by atoms with Crippen LogP contribution in [-0.2, 0) is 11.2 Å². The first-order valence-electron chi connectivity index (χ1n) is 5.61. The quantitative estimate of drug-likeness (QED) is 0.793. The van der Waals surface area contributed by atoms with Crippen molar-refractivity contribution < 1.29 is 4.74 Å². The molecule has 2 atom stereocenters. The lowest BCUT2D eigenvalue weighted by Gasteiger charge is -2.31. The van der Waals surface area contributed by atoms with E-state index in [1.807, 2.05) is 0 Å². The minimum absolute atomic E-state index is 0.447. The maximum Gasteiger partial charge on any atom is 0.0613 e. The highest BCUT2D eigenvalue weighted by Gasteiger charge is 2.24. The van der Waals surface area contributed by atoms with Crippen molar-refractivity contribution in [2.24, 2.45) is 0 Å². The van der Waals surface area contributed by atoms with Gasteiger partial charge in [0.15, 0.2) is 0 Å². The smallest absolute Gasteiger partial charge is 0.0613 e. The van der Waals surface area contributed by atoms with E-state index >= 15 is 0 Å². The molecule has 82 valence electrons. The topological polar surface area (TPSA) is 21.3 Å². The lowest BCUT2D eigenvalue weighted by molar-refractivity contribution is 0.171. The minimum Gasteiger partial charge on any atom is -0.383 e. The van der Waals surface area contributed by atoms with E-state index in [-0.39, 0.29) is 0 Å². The molecular formula is C13H19NO. The van der Waals surface area contributed by atoms with Gasteiger partial charge in [-0.1, -0.05) is 24.3 Å². The predicted molar refractivity (Wildman–Crippen MR) is 62.2 cm³/mol. The summed E-state index contributed by atoms with van der Waals surface area (Å²) in [5.41, 5.74) is 3.04. The number of nitrogens with one attached hydrogen (secondary N) is 1. The van der Waals surface area contributed by atoms with Crippen molar-refractivity contribution in [3.63, 3.8) is 0 Å². The van der Waals surface area contributed by atoms with Gasteiger partial charge in [0.05, 0.1) is 6.61 Å². The first kappa shape index (κ1) is 10.7. The van der Waals surface area contributed by atoms with Gasteiger partial charge in [0.25, 0.3) is 0 Å². The average molecular weight is 205 g/mol. The summed E-state index contributed by atoms with van der Waals surface area (Å²) in [6.45, 7) is 4.02. The molecule has 1 aromatic rings. The molecular weight excluding hydrogens is 186 g/mol. The molecule has 1 N–H and O–H groups in total. The molecule has 0 saturated heterocycles. The third kappa shape index (κ3) is 2.39. The van der Waals surface area contributed by atoms with Crippen LogP contribution in [0.3, 0.4) is 0 Å². The lowest BCUT2D eigenvalue weighted by atomic mass is 9.77. The molecule has 1 aliphatic carbocycles. The third-order valence-electron chi connectivity index (χ3n) is 3.09. The highest BCUT2D eigenvalue weighted by molar-refractivity contribution is 5.40. The molecule has 1 aromatic carbocycles. The Morgan fingerprint density at radius 1 is 1.47 bits per heavy atom. The highest BCUT2D eigenvalue weighted by atomic mass is 16.5. The number of hydrogen-bond donors (Lipinski definition) is 1. The van der Waals surface area contributed by atoms with Gasteiger partial charge in [-0.15, -0.1) is 0 Å². The Labute approximate surface area is 91.6 Å². The van der Waals surface area contributed by atoms with E-state index in [4.69, 9.17) is 4.74 Å². The summed E-state index contributed by atoms with van der Waals surface area (Å²) in [6.07, 6.45) is 1.23. The van der Waals surface area contributed by atoms with Gasteiger partial charge in [-0.05, 0) is 24.5 Å². The molecule has 2 nitrogen and oxygen atoms in total. The van der Waals surface area contributed by atoms with Crippen LogP contribution in [0.1, 0.15) is 24.0 Å². The number of hydrogen-bond acceptors (Lipinski definition) is 2. The van der Waals surface area contributed by atoms with Crippen molar-refractivity contribution in [3.05, 3.63) is 35.4 Å². The second kappa shape index (κ2) is 4.77. The number of methoxy groups -OCH3 is 1. The van der Waals surface area contributed by atoms with Crippen molar-refractivity contribution in [1.29, 1.82) is 0 Å². The van der Waals surface area contributed by atoms with E-state index < -0.39 is 0 Å². The average Bonchev–Trinajstić information content (AvgIpc) is 2.20. The van der Waals surface area contributed by atoms with Crippen LogP contribution in [0.5, 0.6) is 0 Å². The van der Waals surface area contributed by atoms with E-state index in [0.717, 1.165) is 13.2 Å². The maximum atomic E-state index is 5.09. The first-order chi connectivity index (χ1) is 7.31. The molecule has 0 fully saturated rings. The molecule has 2 heteroatoms. The van der Waals surface area contributed by atoms with Crippen LogP contribution in [0, 0.1) is 0 Å². The summed E-state index contributed by atoms with van der Waals surface area (Å²) in [5.74, 6) is 0.709. The molecule has 1 aliphatic rings. The second-order valence-electron chi connectivity index (χ2n) is 4.36. The van der Waals surface area contributed by atoms with Crippen LogP contribution in [0.15, 0.2) is 24.3 Å². The summed E-state index contributed by atoms with van der Waals surface area (Å²) in [7, 11) is 1.75. The van der Waals surface area contributed by atoms with E-state index in [2.05, 4.69) is 36.5 Å². The molecule has 0 aliphatic heterocycles. The van der Waals surface area contributed by atoms with Crippen LogP contribution in [0.2, 0.25) is 0 Å². The SMILES string of the molecule is COCC(C)NCC1Cc2ccccc21. The van der Waals surface area contributed by atoms with Crippen molar-refractivity contribution in [2.45, 2.75) is 25.3 Å². The molecule has 0 amide bonds. The fraction of sp³-hybridized carbons (Fsp3) is 0.538. The second-order valence-corrected chi connectivity index (χ2v) is 4.36. The van der Waals surface area contributed by atoms with Gasteiger partial charge in [-0.25, -0.2) is 0 Å². The van der Waals surface area contributed by atoms with E-state index in [1.165, 1.54) is 17.5 Å². The van der Waals surface area contributed by atoms with Crippen LogP contribution >= 0.6 is 0 Å². The number of fused-ring (bicyclic) bond motifs is 1. The molecule has 15 heavy (non-hydrogen) atoms. The zero-order chi connectivity index (χ0) is 10.7. The van der Waals surface area contributed by atoms with Gasteiger partial charge in [-0.3, -0.25) is 0 Å². The van der Waals surface area contributed by atoms with E-state index in [1.54, 1.807) is 7.11 Å². The van der Waals surface area contributed by atoms with Crippen molar-refractivity contribution in [1.82, 2.24) is 5.32 Å². The number of ether oxygens (including phenoxy) is 1. The van der Waals surface area contributed by atoms with Crippen molar-refractivity contribution in [2.75, 3.05) is 20.3 Å². The van der Waals surface area contributed by atoms with Gasteiger partial charge in [0.1, 0.15) is 0 Å². The zero-order valence-corrected chi connectivity index (χ0v) is 9.49. The van der Waals surface area contributed by atoms with Crippen LogP contribution in [-0.4, -0.2) is 26.3 Å². The maximum absolute atomic E-state index is 5.09. The summed E-state index contributed by atoms with van der Waals surface area (Å²) >= 11 is 0. The minimum atomic E-state index is 0.447. The Bertz CT molecular complexity index is 324. The summed E-state index contributed by atoms with van der Waals surface area (Å²) in [5, 5.41) is 3.50. The third-order valence-corrected chi connectivity index (χ3v) is 3.09. The fourth-order valence-electron chi connectivity index (χ4n) is 2.20. The molecule has 0 aromatic heterocycles. The van der Waals surface area contributed by atoms with Gasteiger partial charge < -0.3 is 10.1 Å². The largest absolute Gasteiger partial charge is 0.383 e. The number of benzene rings is 1. The molecule has 0 heterocycles. The Morgan fingerprint density at radius 3 is 3.00 bits per heavy atom. The summed E-state index contributed by atoms with van der Waals surface area (Å²) in [6, 6.07) is 9.17. The fourth-order valence-corrected chi connectivity index (χ4v) is 2.20. The van der Waals surface area contributed by atoms with Gasteiger partial charge in [-0.2, -0.15) is 0 Å². The van der Waals surface area contributed by atoms with Crippen molar-refractivity contribution in [3.8, 4) is 0 Å². The molecule has 2 unspecified atom stereocenters. The Hall–Kier alpha value is -0.860. The molecule has 0 bridgehead atoms.